The van der Waals surface area contributed by atoms with E-state index in [1.54, 1.807) is 14.2 Å². The van der Waals surface area contributed by atoms with E-state index in [1.165, 1.54) is 0 Å². The van der Waals surface area contributed by atoms with Crippen LogP contribution in [0.4, 0.5) is 0 Å². The molecular weight excluding hydrogens is 242 g/mol. The Kier molecular flexibility index (Phi) is 6.12. The van der Waals surface area contributed by atoms with Gasteiger partial charge in [-0.15, -0.1) is 0 Å². The monoisotopic (exact) mass is 267 g/mol. The molecule has 0 amide bonds. The lowest BCUT2D eigenvalue weighted by molar-refractivity contribution is 0.275. The lowest BCUT2D eigenvalue weighted by atomic mass is 9.95. The van der Waals surface area contributed by atoms with Gasteiger partial charge in [-0.3, -0.25) is 0 Å². The van der Waals surface area contributed by atoms with E-state index in [9.17, 15) is 0 Å². The number of benzene rings is 1. The van der Waals surface area contributed by atoms with Crippen molar-refractivity contribution in [3.8, 4) is 11.5 Å². The van der Waals surface area contributed by atoms with Crippen LogP contribution in [0.5, 0.6) is 11.5 Å². The Labute approximate surface area is 115 Å². The second-order valence-corrected chi connectivity index (χ2v) is 4.66. The largest absolute Gasteiger partial charge is 0.496 e. The molecule has 1 aromatic rings. The fourth-order valence-corrected chi connectivity index (χ4v) is 2.38. The minimum absolute atomic E-state index is 0.148. The van der Waals surface area contributed by atoms with Gasteiger partial charge in [0.15, 0.2) is 0 Å². The van der Waals surface area contributed by atoms with Gasteiger partial charge in [0.2, 0.25) is 0 Å². The Balaban J connectivity index is 3.26. The third kappa shape index (κ3) is 3.39. The van der Waals surface area contributed by atoms with Crippen molar-refractivity contribution in [1.82, 2.24) is 5.32 Å². The molecule has 0 aliphatic rings. The maximum atomic E-state index is 9.00. The number of rotatable bonds is 7. The van der Waals surface area contributed by atoms with Crippen LogP contribution in [0.25, 0.3) is 0 Å². The third-order valence-corrected chi connectivity index (χ3v) is 3.62. The van der Waals surface area contributed by atoms with Crippen molar-refractivity contribution in [2.45, 2.75) is 32.7 Å². The summed E-state index contributed by atoms with van der Waals surface area (Å²) < 4.78 is 11.0. The second kappa shape index (κ2) is 7.36. The zero-order valence-corrected chi connectivity index (χ0v) is 12.5. The number of hydrogen-bond acceptors (Lipinski definition) is 4. The van der Waals surface area contributed by atoms with E-state index in [2.05, 4.69) is 5.32 Å². The summed E-state index contributed by atoms with van der Waals surface area (Å²) in [5.74, 6) is 1.77. The molecule has 19 heavy (non-hydrogen) atoms. The molecule has 4 heteroatoms. The van der Waals surface area contributed by atoms with Gasteiger partial charge >= 0.3 is 0 Å². The average Bonchev–Trinajstić information content (AvgIpc) is 2.43. The summed E-state index contributed by atoms with van der Waals surface area (Å²) in [6, 6.07) is 2.18. The molecule has 1 aromatic carbocycles. The molecule has 0 bridgehead atoms. The Bertz CT molecular complexity index is 418. The number of aliphatic hydroxyl groups excluding tert-OH is 1. The Morgan fingerprint density at radius 2 is 1.89 bits per heavy atom. The Hall–Kier alpha value is -1.26. The summed E-state index contributed by atoms with van der Waals surface area (Å²) in [5.41, 5.74) is 3.28. The van der Waals surface area contributed by atoms with E-state index in [4.69, 9.17) is 14.6 Å². The van der Waals surface area contributed by atoms with E-state index >= 15 is 0 Å². The lowest BCUT2D eigenvalue weighted by Crippen LogP contribution is -2.18. The van der Waals surface area contributed by atoms with E-state index in [0.29, 0.717) is 0 Å². The van der Waals surface area contributed by atoms with Crippen molar-refractivity contribution in [2.24, 2.45) is 0 Å². The first-order valence-electron chi connectivity index (χ1n) is 6.60. The zero-order chi connectivity index (χ0) is 14.4. The Morgan fingerprint density at radius 3 is 2.37 bits per heavy atom. The molecule has 1 atom stereocenters. The van der Waals surface area contributed by atoms with E-state index < -0.39 is 0 Å². The summed E-state index contributed by atoms with van der Waals surface area (Å²) in [4.78, 5) is 0. The molecular formula is C15H25NO3. The molecule has 0 aliphatic carbocycles. The van der Waals surface area contributed by atoms with Gasteiger partial charge < -0.3 is 19.9 Å². The molecule has 1 unspecified atom stereocenters. The van der Waals surface area contributed by atoms with Crippen LogP contribution in [-0.2, 0) is 0 Å². The summed E-state index contributed by atoms with van der Waals surface area (Å²) in [6.07, 6.45) is 1.61. The maximum absolute atomic E-state index is 9.00. The molecule has 0 aliphatic heterocycles. The average molecular weight is 267 g/mol. The van der Waals surface area contributed by atoms with Crippen molar-refractivity contribution < 1.29 is 14.6 Å². The van der Waals surface area contributed by atoms with Crippen molar-refractivity contribution in [3.63, 3.8) is 0 Å². The van der Waals surface area contributed by atoms with Crippen LogP contribution in [0, 0.1) is 13.8 Å². The first-order chi connectivity index (χ1) is 9.10. The number of methoxy groups -OCH3 is 2. The topological polar surface area (TPSA) is 50.7 Å². The van der Waals surface area contributed by atoms with E-state index in [1.807, 2.05) is 27.0 Å². The predicted molar refractivity (Wildman–Crippen MR) is 77.1 cm³/mol. The van der Waals surface area contributed by atoms with Crippen molar-refractivity contribution in [2.75, 3.05) is 27.9 Å². The lowest BCUT2D eigenvalue weighted by Gasteiger charge is -2.23. The number of aliphatic hydroxyl groups is 1. The van der Waals surface area contributed by atoms with Crippen LogP contribution in [-0.4, -0.2) is 33.0 Å². The van der Waals surface area contributed by atoms with Gasteiger partial charge in [-0.2, -0.15) is 0 Å². The summed E-state index contributed by atoms with van der Waals surface area (Å²) >= 11 is 0. The van der Waals surface area contributed by atoms with Crippen LogP contribution < -0.4 is 14.8 Å². The van der Waals surface area contributed by atoms with Crippen molar-refractivity contribution in [1.29, 1.82) is 0 Å². The highest BCUT2D eigenvalue weighted by atomic mass is 16.5. The highest BCUT2D eigenvalue weighted by Gasteiger charge is 2.19. The molecule has 0 fully saturated rings. The van der Waals surface area contributed by atoms with Gasteiger partial charge in [0.1, 0.15) is 11.5 Å². The fourth-order valence-electron chi connectivity index (χ4n) is 2.38. The molecule has 0 heterocycles. The second-order valence-electron chi connectivity index (χ2n) is 4.66. The van der Waals surface area contributed by atoms with E-state index in [-0.39, 0.29) is 12.6 Å². The highest BCUT2D eigenvalue weighted by molar-refractivity contribution is 5.53. The summed E-state index contributed by atoms with van der Waals surface area (Å²) in [6.45, 7) is 4.27. The normalized spacial score (nSPS) is 12.3. The van der Waals surface area contributed by atoms with Crippen LogP contribution in [0.15, 0.2) is 6.07 Å². The number of nitrogens with one attached hydrogen (secondary N) is 1. The minimum atomic E-state index is 0.148. The van der Waals surface area contributed by atoms with E-state index in [0.717, 1.165) is 41.0 Å². The van der Waals surface area contributed by atoms with Gasteiger partial charge in [0, 0.05) is 18.2 Å². The van der Waals surface area contributed by atoms with Gasteiger partial charge in [-0.05, 0) is 50.9 Å². The zero-order valence-electron chi connectivity index (χ0n) is 12.5. The van der Waals surface area contributed by atoms with Crippen LogP contribution in [0.3, 0.4) is 0 Å². The highest BCUT2D eigenvalue weighted by Crippen LogP contribution is 2.37. The van der Waals surface area contributed by atoms with Crippen molar-refractivity contribution >= 4 is 0 Å². The maximum Gasteiger partial charge on any atom is 0.127 e. The number of hydrogen-bond donors (Lipinski definition) is 2. The fraction of sp³-hybridized carbons (Fsp3) is 0.600. The van der Waals surface area contributed by atoms with Gasteiger partial charge in [0.05, 0.1) is 14.2 Å². The molecule has 1 rings (SSSR count). The summed E-state index contributed by atoms with van der Waals surface area (Å²) in [5, 5.41) is 12.3. The molecule has 4 nitrogen and oxygen atoms in total. The quantitative estimate of drug-likeness (QED) is 0.796. The molecule has 2 N–H and O–H groups in total. The molecule has 0 saturated heterocycles. The summed E-state index contributed by atoms with van der Waals surface area (Å²) in [7, 11) is 5.29. The predicted octanol–water partition coefficient (Wildman–Crippen LogP) is 2.35. The minimum Gasteiger partial charge on any atom is -0.496 e. The Morgan fingerprint density at radius 1 is 1.21 bits per heavy atom. The first kappa shape index (κ1) is 15.8. The standard InChI is InChI=1S/C15H25NO3/c1-10-11(2)15(19-5)12(9-14(10)18-4)13(16-3)7-6-8-17/h9,13,16-17H,6-8H2,1-5H3. The molecule has 0 saturated carbocycles. The molecule has 0 aromatic heterocycles. The molecule has 0 spiro atoms. The SMILES string of the molecule is CNC(CCCO)c1cc(OC)c(C)c(C)c1OC. The van der Waals surface area contributed by atoms with Crippen molar-refractivity contribution in [3.05, 3.63) is 22.8 Å². The first-order valence-corrected chi connectivity index (χ1v) is 6.60. The van der Waals surface area contributed by atoms with Crippen LogP contribution >= 0.6 is 0 Å². The van der Waals surface area contributed by atoms with Gasteiger partial charge in [0.25, 0.3) is 0 Å². The molecule has 108 valence electrons. The van der Waals surface area contributed by atoms with Crippen LogP contribution in [0.1, 0.15) is 35.6 Å². The van der Waals surface area contributed by atoms with Crippen LogP contribution in [0.2, 0.25) is 0 Å². The van der Waals surface area contributed by atoms with Gasteiger partial charge in [-0.25, -0.2) is 0 Å². The number of ether oxygens (including phenoxy) is 2. The van der Waals surface area contributed by atoms with Gasteiger partial charge in [-0.1, -0.05) is 0 Å². The third-order valence-electron chi connectivity index (χ3n) is 3.62. The smallest absolute Gasteiger partial charge is 0.127 e. The molecule has 0 radical (unpaired) electrons.